The number of hydrogen-bond donors (Lipinski definition) is 1. The zero-order chi connectivity index (χ0) is 19.1. The van der Waals surface area contributed by atoms with Crippen molar-refractivity contribution in [3.05, 3.63) is 18.2 Å². The molecule has 142 valence electrons. The number of benzene rings is 1. The van der Waals surface area contributed by atoms with Crippen molar-refractivity contribution in [3.8, 4) is 11.5 Å². The SMILES string of the molecule is CC(C)(C)OC(=O)N1CCCC1C(=O)Nc1ccc2c(c1)OC(F)(F)O2. The van der Waals surface area contributed by atoms with Crippen molar-refractivity contribution in [3.63, 3.8) is 0 Å². The van der Waals surface area contributed by atoms with Crippen molar-refractivity contribution >= 4 is 17.7 Å². The van der Waals surface area contributed by atoms with Crippen LogP contribution in [0.25, 0.3) is 0 Å². The Labute approximate surface area is 149 Å². The summed E-state index contributed by atoms with van der Waals surface area (Å²) >= 11 is 0. The summed E-state index contributed by atoms with van der Waals surface area (Å²) in [6, 6.07) is 3.28. The van der Waals surface area contributed by atoms with Gasteiger partial charge in [0.2, 0.25) is 5.91 Å². The molecule has 2 heterocycles. The standard InChI is InChI=1S/C17H20F2N2O5/c1-16(2,3)26-15(23)21-8-4-5-11(21)14(22)20-10-6-7-12-13(9-10)25-17(18,19)24-12/h6-7,9,11H,4-5,8H2,1-3H3,(H,20,22). The van der Waals surface area contributed by atoms with Crippen LogP contribution in [0.1, 0.15) is 33.6 Å². The molecule has 1 atom stereocenters. The van der Waals surface area contributed by atoms with E-state index in [2.05, 4.69) is 14.8 Å². The zero-order valence-corrected chi connectivity index (χ0v) is 14.7. The average Bonchev–Trinajstić information content (AvgIpc) is 3.07. The maximum atomic E-state index is 13.1. The number of ether oxygens (including phenoxy) is 3. The van der Waals surface area contributed by atoms with Crippen molar-refractivity contribution in [2.45, 2.75) is 51.6 Å². The van der Waals surface area contributed by atoms with Crippen molar-refractivity contribution in [1.82, 2.24) is 4.90 Å². The topological polar surface area (TPSA) is 77.1 Å². The third-order valence-electron chi connectivity index (χ3n) is 3.85. The molecule has 2 aliphatic rings. The van der Waals surface area contributed by atoms with E-state index < -0.39 is 29.9 Å². The summed E-state index contributed by atoms with van der Waals surface area (Å²) in [5.74, 6) is -0.688. The molecule has 3 rings (SSSR count). The molecule has 0 saturated carbocycles. The molecule has 0 aromatic heterocycles. The van der Waals surface area contributed by atoms with Crippen molar-refractivity contribution < 1.29 is 32.6 Å². The predicted octanol–water partition coefficient (Wildman–Crippen LogP) is 3.35. The van der Waals surface area contributed by atoms with Gasteiger partial charge in [0.1, 0.15) is 11.6 Å². The number of amides is 2. The molecule has 7 nitrogen and oxygen atoms in total. The van der Waals surface area contributed by atoms with Crippen molar-refractivity contribution in [2.75, 3.05) is 11.9 Å². The van der Waals surface area contributed by atoms with Crippen molar-refractivity contribution in [1.29, 1.82) is 0 Å². The zero-order valence-electron chi connectivity index (χ0n) is 14.7. The van der Waals surface area contributed by atoms with Crippen LogP contribution in [0.5, 0.6) is 11.5 Å². The summed E-state index contributed by atoms with van der Waals surface area (Å²) in [4.78, 5) is 26.2. The van der Waals surface area contributed by atoms with Gasteiger partial charge in [0.15, 0.2) is 11.5 Å². The van der Waals surface area contributed by atoms with Crippen LogP contribution in [0.15, 0.2) is 18.2 Å². The van der Waals surface area contributed by atoms with Gasteiger partial charge in [-0.1, -0.05) is 0 Å². The van der Waals surface area contributed by atoms with Crippen LogP contribution in [0, 0.1) is 0 Å². The molecule has 0 radical (unpaired) electrons. The van der Waals surface area contributed by atoms with E-state index in [0.29, 0.717) is 19.4 Å². The van der Waals surface area contributed by atoms with Gasteiger partial charge in [0, 0.05) is 18.3 Å². The average molecular weight is 370 g/mol. The van der Waals surface area contributed by atoms with E-state index in [1.165, 1.54) is 23.1 Å². The van der Waals surface area contributed by atoms with Gasteiger partial charge in [-0.25, -0.2) is 4.79 Å². The quantitative estimate of drug-likeness (QED) is 0.864. The highest BCUT2D eigenvalue weighted by Gasteiger charge is 2.43. The van der Waals surface area contributed by atoms with E-state index in [1.807, 2.05) is 0 Å². The fourth-order valence-electron chi connectivity index (χ4n) is 2.83. The molecule has 1 fully saturated rings. The van der Waals surface area contributed by atoms with Gasteiger partial charge in [-0.2, -0.15) is 0 Å². The Kier molecular flexibility index (Phi) is 4.41. The first kappa shape index (κ1) is 18.2. The molecule has 26 heavy (non-hydrogen) atoms. The molecular weight excluding hydrogens is 350 g/mol. The smallest absolute Gasteiger partial charge is 0.444 e. The van der Waals surface area contributed by atoms with E-state index in [0.717, 1.165) is 0 Å². The minimum Gasteiger partial charge on any atom is -0.444 e. The van der Waals surface area contributed by atoms with Crippen LogP contribution in [0.3, 0.4) is 0 Å². The third kappa shape index (κ3) is 3.97. The largest absolute Gasteiger partial charge is 0.586 e. The van der Waals surface area contributed by atoms with E-state index in [1.54, 1.807) is 20.8 Å². The lowest BCUT2D eigenvalue weighted by Crippen LogP contribution is -2.45. The molecule has 1 N–H and O–H groups in total. The van der Waals surface area contributed by atoms with Gasteiger partial charge in [-0.05, 0) is 45.7 Å². The lowest BCUT2D eigenvalue weighted by molar-refractivity contribution is -0.286. The number of likely N-dealkylation sites (tertiary alicyclic amines) is 1. The summed E-state index contributed by atoms with van der Waals surface area (Å²) in [6.45, 7) is 5.66. The second kappa shape index (κ2) is 6.30. The fraction of sp³-hybridized carbons (Fsp3) is 0.529. The maximum Gasteiger partial charge on any atom is 0.586 e. The third-order valence-corrected chi connectivity index (χ3v) is 3.85. The molecule has 0 spiro atoms. The van der Waals surface area contributed by atoms with Crippen LogP contribution in [0.2, 0.25) is 0 Å². The number of carbonyl (C=O) groups is 2. The lowest BCUT2D eigenvalue weighted by Gasteiger charge is -2.28. The molecule has 1 aromatic rings. The summed E-state index contributed by atoms with van der Waals surface area (Å²) in [6.07, 6.45) is -3.11. The maximum absolute atomic E-state index is 13.1. The first-order valence-corrected chi connectivity index (χ1v) is 8.24. The monoisotopic (exact) mass is 370 g/mol. The van der Waals surface area contributed by atoms with Gasteiger partial charge in [-0.3, -0.25) is 9.69 Å². The van der Waals surface area contributed by atoms with Crippen LogP contribution in [0.4, 0.5) is 19.3 Å². The highest BCUT2D eigenvalue weighted by atomic mass is 19.3. The number of hydrogen-bond acceptors (Lipinski definition) is 5. The molecule has 1 saturated heterocycles. The number of halogens is 2. The first-order valence-electron chi connectivity index (χ1n) is 8.24. The highest BCUT2D eigenvalue weighted by molar-refractivity contribution is 5.97. The molecule has 2 aliphatic heterocycles. The number of rotatable bonds is 2. The fourth-order valence-corrected chi connectivity index (χ4v) is 2.83. The second-order valence-corrected chi connectivity index (χ2v) is 7.15. The highest BCUT2D eigenvalue weighted by Crippen LogP contribution is 2.42. The Bertz CT molecular complexity index is 732. The number of carbonyl (C=O) groups excluding carboxylic acids is 2. The number of nitrogens with one attached hydrogen (secondary N) is 1. The molecular formula is C17H20F2N2O5. The number of fused-ring (bicyclic) bond motifs is 1. The minimum absolute atomic E-state index is 0.107. The summed E-state index contributed by atoms with van der Waals surface area (Å²) in [7, 11) is 0. The van der Waals surface area contributed by atoms with E-state index in [-0.39, 0.29) is 17.2 Å². The molecule has 1 unspecified atom stereocenters. The van der Waals surface area contributed by atoms with E-state index in [4.69, 9.17) is 4.74 Å². The Morgan fingerprint density at radius 2 is 1.96 bits per heavy atom. The number of nitrogens with zero attached hydrogens (tertiary/aromatic N) is 1. The van der Waals surface area contributed by atoms with Gasteiger partial charge in [0.25, 0.3) is 0 Å². The molecule has 1 aromatic carbocycles. The molecule has 0 aliphatic carbocycles. The van der Waals surface area contributed by atoms with Gasteiger partial charge in [0.05, 0.1) is 0 Å². The summed E-state index contributed by atoms with van der Waals surface area (Å²) in [5.41, 5.74) is -0.394. The van der Waals surface area contributed by atoms with Crippen LogP contribution >= 0.6 is 0 Å². The van der Waals surface area contributed by atoms with E-state index in [9.17, 15) is 18.4 Å². The molecule has 9 heteroatoms. The second-order valence-electron chi connectivity index (χ2n) is 7.15. The predicted molar refractivity (Wildman–Crippen MR) is 87.2 cm³/mol. The number of anilines is 1. The van der Waals surface area contributed by atoms with Crippen LogP contribution < -0.4 is 14.8 Å². The Balaban J connectivity index is 1.67. The normalized spacial score (nSPS) is 20.8. The Morgan fingerprint density at radius 1 is 1.27 bits per heavy atom. The molecule has 0 bridgehead atoms. The van der Waals surface area contributed by atoms with E-state index >= 15 is 0 Å². The van der Waals surface area contributed by atoms with Crippen LogP contribution in [-0.4, -0.2) is 41.4 Å². The molecule has 2 amide bonds. The van der Waals surface area contributed by atoms with Gasteiger partial charge >= 0.3 is 12.4 Å². The Hall–Kier alpha value is -2.58. The summed E-state index contributed by atoms with van der Waals surface area (Å²) in [5, 5.41) is 2.62. The van der Waals surface area contributed by atoms with Crippen molar-refractivity contribution in [2.24, 2.45) is 0 Å². The first-order chi connectivity index (χ1) is 12.0. The minimum atomic E-state index is -3.72. The lowest BCUT2D eigenvalue weighted by atomic mass is 10.2. The number of alkyl halides is 2. The summed E-state index contributed by atoms with van der Waals surface area (Å²) < 4.78 is 40.1. The van der Waals surface area contributed by atoms with Gasteiger partial charge in [-0.15, -0.1) is 8.78 Å². The van der Waals surface area contributed by atoms with Gasteiger partial charge < -0.3 is 19.5 Å². The van der Waals surface area contributed by atoms with Crippen LogP contribution in [-0.2, 0) is 9.53 Å². The Morgan fingerprint density at radius 3 is 2.65 bits per heavy atom.